The molecule has 0 heterocycles. The highest BCUT2D eigenvalue weighted by molar-refractivity contribution is 5.87. The lowest BCUT2D eigenvalue weighted by Crippen LogP contribution is -2.55. The lowest BCUT2D eigenvalue weighted by Gasteiger charge is -2.27. The second kappa shape index (κ2) is 10.7. The summed E-state index contributed by atoms with van der Waals surface area (Å²) in [6.07, 6.45) is 2.89. The summed E-state index contributed by atoms with van der Waals surface area (Å²) >= 11 is 0. The van der Waals surface area contributed by atoms with Crippen molar-refractivity contribution in [1.82, 2.24) is 10.6 Å². The average molecular weight is 479 g/mol. The van der Waals surface area contributed by atoms with Gasteiger partial charge in [-0.3, -0.25) is 9.59 Å². The van der Waals surface area contributed by atoms with Crippen molar-refractivity contribution in [2.24, 2.45) is 5.92 Å². The number of amides is 2. The van der Waals surface area contributed by atoms with Crippen LogP contribution in [0, 0.1) is 5.92 Å². The molecule has 2 amide bonds. The van der Waals surface area contributed by atoms with Crippen LogP contribution >= 0.6 is 0 Å². The molecule has 3 N–H and O–H groups in total. The van der Waals surface area contributed by atoms with Gasteiger partial charge < -0.3 is 25.2 Å². The van der Waals surface area contributed by atoms with E-state index in [9.17, 15) is 19.5 Å². The molecule has 0 saturated carbocycles. The van der Waals surface area contributed by atoms with E-state index in [1.807, 2.05) is 36.4 Å². The van der Waals surface area contributed by atoms with E-state index in [1.165, 1.54) is 7.11 Å². The number of methoxy groups -OCH3 is 1. The van der Waals surface area contributed by atoms with Crippen molar-refractivity contribution in [3.8, 4) is 11.1 Å². The summed E-state index contributed by atoms with van der Waals surface area (Å²) in [6, 6.07) is 14.6. The molecule has 0 fully saturated rings. The lowest BCUT2D eigenvalue weighted by atomic mass is 9.91. The van der Waals surface area contributed by atoms with Crippen LogP contribution in [0.1, 0.15) is 36.8 Å². The summed E-state index contributed by atoms with van der Waals surface area (Å²) in [5.41, 5.74) is 4.45. The number of alkyl carbamates (subject to hydrolysis) is 1. The summed E-state index contributed by atoms with van der Waals surface area (Å²) < 4.78 is 10.9. The van der Waals surface area contributed by atoms with Gasteiger partial charge in [-0.25, -0.2) is 4.79 Å². The molecule has 184 valence electrons. The fraction of sp³-hybridized carbons (Fsp3) is 0.370. The maximum atomic E-state index is 13.0. The molecule has 8 nitrogen and oxygen atoms in total. The standard InChI is InChI=1S/C27H30N2O6/c1-16(34-2)24(25(30)28-18-9-7-8-17(14-18)26(31)32)29-27(33)35-15-23-21-12-5-3-10-19(21)20-11-4-6-13-22(20)23/h3-7,9-13,16-18,23-24H,8,14-15H2,1-2H3,(H,28,30)(H,29,33)(H,31,32)/t16-,17?,18?,24+/m1/s1. The molecule has 2 aliphatic rings. The molecule has 4 rings (SSSR count). The molecular weight excluding hydrogens is 448 g/mol. The number of rotatable bonds is 8. The molecule has 0 aromatic heterocycles. The average Bonchev–Trinajstić information content (AvgIpc) is 3.19. The Bertz CT molecular complexity index is 1080. The molecule has 2 aromatic rings. The fourth-order valence-corrected chi connectivity index (χ4v) is 4.77. The third-order valence-corrected chi connectivity index (χ3v) is 6.75. The molecule has 2 aliphatic carbocycles. The van der Waals surface area contributed by atoms with Crippen molar-refractivity contribution >= 4 is 18.0 Å². The molecule has 4 atom stereocenters. The third kappa shape index (κ3) is 5.38. The summed E-state index contributed by atoms with van der Waals surface area (Å²) in [4.78, 5) is 37.0. The van der Waals surface area contributed by atoms with Gasteiger partial charge in [0.05, 0.1) is 12.0 Å². The van der Waals surface area contributed by atoms with E-state index in [0.29, 0.717) is 6.42 Å². The Hall–Kier alpha value is -3.65. The van der Waals surface area contributed by atoms with E-state index in [1.54, 1.807) is 19.1 Å². The maximum absolute atomic E-state index is 13.0. The molecular formula is C27H30N2O6. The highest BCUT2D eigenvalue weighted by Crippen LogP contribution is 2.44. The highest BCUT2D eigenvalue weighted by Gasteiger charge is 2.33. The molecule has 0 bridgehead atoms. The first-order valence-electron chi connectivity index (χ1n) is 11.7. The number of carbonyl (C=O) groups excluding carboxylic acids is 2. The van der Waals surface area contributed by atoms with Gasteiger partial charge >= 0.3 is 12.1 Å². The molecule has 2 unspecified atom stereocenters. The first kappa shape index (κ1) is 24.5. The highest BCUT2D eigenvalue weighted by atomic mass is 16.5. The zero-order valence-corrected chi connectivity index (χ0v) is 19.8. The van der Waals surface area contributed by atoms with Crippen molar-refractivity contribution in [3.63, 3.8) is 0 Å². The van der Waals surface area contributed by atoms with Crippen LogP contribution in [0.3, 0.4) is 0 Å². The van der Waals surface area contributed by atoms with E-state index in [4.69, 9.17) is 9.47 Å². The molecule has 8 heteroatoms. The Labute approximate surface area is 204 Å². The zero-order valence-electron chi connectivity index (χ0n) is 19.8. The van der Waals surface area contributed by atoms with Gasteiger partial charge in [0.15, 0.2) is 0 Å². The molecule has 0 aliphatic heterocycles. The minimum absolute atomic E-state index is 0.0967. The fourth-order valence-electron chi connectivity index (χ4n) is 4.77. The number of ether oxygens (including phenoxy) is 2. The second-order valence-corrected chi connectivity index (χ2v) is 8.94. The number of carboxylic acid groups (broad SMARTS) is 1. The third-order valence-electron chi connectivity index (χ3n) is 6.75. The molecule has 0 spiro atoms. The van der Waals surface area contributed by atoms with Crippen molar-refractivity contribution < 1.29 is 29.0 Å². The normalized spacial score (nSPS) is 20.3. The van der Waals surface area contributed by atoms with E-state index in [2.05, 4.69) is 22.8 Å². The van der Waals surface area contributed by atoms with Crippen molar-refractivity contribution in [3.05, 3.63) is 71.8 Å². The Morgan fingerprint density at radius 2 is 1.69 bits per heavy atom. The van der Waals surface area contributed by atoms with E-state index in [0.717, 1.165) is 22.3 Å². The summed E-state index contributed by atoms with van der Waals surface area (Å²) in [6.45, 7) is 1.80. The predicted molar refractivity (Wildman–Crippen MR) is 130 cm³/mol. The van der Waals surface area contributed by atoms with Crippen LogP contribution in [0.25, 0.3) is 11.1 Å². The number of carbonyl (C=O) groups is 3. The number of aliphatic carboxylic acids is 1. The number of nitrogens with one attached hydrogen (secondary N) is 2. The van der Waals surface area contributed by atoms with Crippen LogP contribution in [0.4, 0.5) is 4.79 Å². The van der Waals surface area contributed by atoms with Gasteiger partial charge in [0.25, 0.3) is 0 Å². The molecule has 0 saturated heterocycles. The number of fused-ring (bicyclic) bond motifs is 3. The van der Waals surface area contributed by atoms with E-state index < -0.39 is 42.1 Å². The number of benzene rings is 2. The first-order valence-corrected chi connectivity index (χ1v) is 11.7. The van der Waals surface area contributed by atoms with E-state index in [-0.39, 0.29) is 18.9 Å². The van der Waals surface area contributed by atoms with Gasteiger partial charge in [-0.1, -0.05) is 60.7 Å². The summed E-state index contributed by atoms with van der Waals surface area (Å²) in [5.74, 6) is -2.01. The van der Waals surface area contributed by atoms with Crippen molar-refractivity contribution in [2.75, 3.05) is 13.7 Å². The largest absolute Gasteiger partial charge is 0.481 e. The number of carboxylic acids is 1. The number of hydrogen-bond donors (Lipinski definition) is 3. The molecule has 2 aromatic carbocycles. The van der Waals surface area contributed by atoms with Crippen LogP contribution in [-0.2, 0) is 19.1 Å². The van der Waals surface area contributed by atoms with Crippen LogP contribution < -0.4 is 10.6 Å². The Morgan fingerprint density at radius 1 is 1.06 bits per heavy atom. The smallest absolute Gasteiger partial charge is 0.407 e. The predicted octanol–water partition coefficient (Wildman–Crippen LogP) is 3.46. The monoisotopic (exact) mass is 478 g/mol. The first-order chi connectivity index (χ1) is 16.9. The van der Waals surface area contributed by atoms with Gasteiger partial charge in [-0.2, -0.15) is 0 Å². The molecule has 0 radical (unpaired) electrons. The van der Waals surface area contributed by atoms with Crippen LogP contribution in [0.15, 0.2) is 60.7 Å². The van der Waals surface area contributed by atoms with Gasteiger partial charge in [-0.15, -0.1) is 0 Å². The maximum Gasteiger partial charge on any atom is 0.407 e. The minimum atomic E-state index is -1.01. The van der Waals surface area contributed by atoms with Gasteiger partial charge in [0, 0.05) is 19.1 Å². The summed E-state index contributed by atoms with van der Waals surface area (Å²) in [7, 11) is 1.45. The van der Waals surface area contributed by atoms with Crippen LogP contribution in [-0.4, -0.2) is 55.0 Å². The number of allylic oxidation sites excluding steroid dienone is 1. The zero-order chi connectivity index (χ0) is 24.9. The van der Waals surface area contributed by atoms with Crippen molar-refractivity contribution in [1.29, 1.82) is 0 Å². The second-order valence-electron chi connectivity index (χ2n) is 8.94. The molecule has 35 heavy (non-hydrogen) atoms. The summed E-state index contributed by atoms with van der Waals surface area (Å²) in [5, 5.41) is 14.7. The Morgan fingerprint density at radius 3 is 2.29 bits per heavy atom. The van der Waals surface area contributed by atoms with Crippen LogP contribution in [0.5, 0.6) is 0 Å². The van der Waals surface area contributed by atoms with Crippen molar-refractivity contribution in [2.45, 2.75) is 43.9 Å². The van der Waals surface area contributed by atoms with E-state index >= 15 is 0 Å². The van der Waals surface area contributed by atoms with Gasteiger partial charge in [0.2, 0.25) is 5.91 Å². The lowest BCUT2D eigenvalue weighted by molar-refractivity contribution is -0.142. The van der Waals surface area contributed by atoms with Gasteiger partial charge in [-0.05, 0) is 42.0 Å². The topological polar surface area (TPSA) is 114 Å². The Balaban J connectivity index is 1.40. The Kier molecular flexibility index (Phi) is 7.51. The SMILES string of the molecule is CO[C@H](C)[C@H](NC(=O)OCC1c2ccccc2-c2ccccc21)C(=O)NC1C=CCC(C(=O)O)C1. The number of hydrogen-bond acceptors (Lipinski definition) is 5. The van der Waals surface area contributed by atoms with Gasteiger partial charge in [0.1, 0.15) is 12.6 Å². The quantitative estimate of drug-likeness (QED) is 0.501. The minimum Gasteiger partial charge on any atom is -0.481 e. The van der Waals surface area contributed by atoms with Crippen LogP contribution in [0.2, 0.25) is 0 Å².